The molecule has 0 atom stereocenters. The number of benzene rings is 1. The number of pyridine rings is 1. The number of hydrogen-bond acceptors (Lipinski definition) is 9. The third kappa shape index (κ3) is 7.14. The van der Waals surface area contributed by atoms with Crippen molar-refractivity contribution in [3.63, 3.8) is 0 Å². The van der Waals surface area contributed by atoms with E-state index in [0.29, 0.717) is 5.75 Å². The third-order valence-corrected chi connectivity index (χ3v) is 9.73. The van der Waals surface area contributed by atoms with Gasteiger partial charge < -0.3 is 28.1 Å². The zero-order valence-corrected chi connectivity index (χ0v) is 20.7. The summed E-state index contributed by atoms with van der Waals surface area (Å²) in [5, 5.41) is 2.94. The van der Waals surface area contributed by atoms with Crippen LogP contribution in [0.3, 0.4) is 0 Å². The molecule has 0 saturated carbocycles. The summed E-state index contributed by atoms with van der Waals surface area (Å²) in [4.78, 5) is 4.30. The van der Waals surface area contributed by atoms with Crippen LogP contribution >= 0.6 is 15.2 Å². The van der Waals surface area contributed by atoms with Crippen molar-refractivity contribution in [1.82, 2.24) is 4.98 Å². The van der Waals surface area contributed by atoms with Crippen LogP contribution in [0.4, 0.5) is 5.82 Å². The first-order chi connectivity index (χ1) is 15.4. The minimum atomic E-state index is -3.99. The monoisotopic (exact) mass is 486 g/mol. The molecule has 0 aliphatic heterocycles. The Hall–Kier alpha value is -1.73. The lowest BCUT2D eigenvalue weighted by molar-refractivity contribution is 0.198. The fourth-order valence-electron chi connectivity index (χ4n) is 2.88. The molecule has 178 valence electrons. The van der Waals surface area contributed by atoms with E-state index in [9.17, 15) is 9.13 Å². The molecular formula is C21H32N2O7P2. The van der Waals surface area contributed by atoms with Crippen LogP contribution in [-0.4, -0.2) is 36.9 Å². The van der Waals surface area contributed by atoms with E-state index in [2.05, 4.69) is 10.3 Å². The molecule has 0 spiro atoms. The van der Waals surface area contributed by atoms with Crippen LogP contribution in [0.2, 0.25) is 0 Å². The molecule has 0 unspecified atom stereocenters. The lowest BCUT2D eigenvalue weighted by Gasteiger charge is -2.32. The van der Waals surface area contributed by atoms with Gasteiger partial charge in [0, 0.05) is 6.20 Å². The van der Waals surface area contributed by atoms with Crippen molar-refractivity contribution in [2.24, 2.45) is 0 Å². The predicted octanol–water partition coefficient (Wildman–Crippen LogP) is 5.89. The summed E-state index contributed by atoms with van der Waals surface area (Å²) in [6.45, 7) is 7.28. The van der Waals surface area contributed by atoms with E-state index in [1.807, 2.05) is 30.3 Å². The number of ether oxygens (including phenoxy) is 1. The van der Waals surface area contributed by atoms with E-state index >= 15 is 0 Å². The predicted molar refractivity (Wildman–Crippen MR) is 124 cm³/mol. The number of hydrogen-bond donors (Lipinski definition) is 1. The Bertz CT molecular complexity index is 864. The van der Waals surface area contributed by atoms with E-state index in [1.165, 1.54) is 6.20 Å². The van der Waals surface area contributed by atoms with Crippen molar-refractivity contribution in [2.75, 3.05) is 31.7 Å². The summed E-state index contributed by atoms with van der Waals surface area (Å²) < 4.78 is 55.2. The van der Waals surface area contributed by atoms with Crippen molar-refractivity contribution < 1.29 is 32.0 Å². The Balaban J connectivity index is 2.43. The van der Waals surface area contributed by atoms with E-state index < -0.39 is 20.7 Å². The molecule has 0 amide bonds. The van der Waals surface area contributed by atoms with Gasteiger partial charge in [-0.1, -0.05) is 30.3 Å². The van der Waals surface area contributed by atoms with E-state index in [4.69, 9.17) is 22.8 Å². The third-order valence-electron chi connectivity index (χ3n) is 4.11. The van der Waals surface area contributed by atoms with Gasteiger partial charge in [0.05, 0.1) is 26.4 Å². The van der Waals surface area contributed by atoms with Crippen LogP contribution < -0.4 is 10.1 Å². The van der Waals surface area contributed by atoms with Crippen molar-refractivity contribution in [1.29, 1.82) is 0 Å². The molecule has 11 heteroatoms. The minimum absolute atomic E-state index is 0.0767. The van der Waals surface area contributed by atoms with Gasteiger partial charge in [0.1, 0.15) is 6.61 Å². The zero-order valence-electron chi connectivity index (χ0n) is 18.9. The maximum Gasteiger partial charge on any atom is 0.365 e. The summed E-state index contributed by atoms with van der Waals surface area (Å²) in [6, 6.07) is 13.0. The van der Waals surface area contributed by atoms with Gasteiger partial charge in [0.15, 0.2) is 11.6 Å². The largest absolute Gasteiger partial charge is 0.485 e. The van der Waals surface area contributed by atoms with Crippen molar-refractivity contribution in [3.8, 4) is 5.75 Å². The first-order valence-electron chi connectivity index (χ1n) is 10.6. The van der Waals surface area contributed by atoms with Crippen LogP contribution in [0.15, 0.2) is 48.7 Å². The summed E-state index contributed by atoms with van der Waals surface area (Å²) >= 11 is 0. The van der Waals surface area contributed by atoms with Gasteiger partial charge >= 0.3 is 15.2 Å². The molecule has 1 aromatic heterocycles. The molecular weight excluding hydrogens is 454 g/mol. The molecule has 0 aliphatic rings. The number of anilines is 1. The molecule has 0 saturated heterocycles. The molecule has 32 heavy (non-hydrogen) atoms. The number of nitrogens with zero attached hydrogens (tertiary/aromatic N) is 1. The SMILES string of the molecule is CCOP(=O)(OCC)C(Nc1ncccc1OCc1ccccc1)P(=O)(OCC)OCC. The van der Waals surface area contributed by atoms with E-state index in [-0.39, 0.29) is 38.9 Å². The van der Waals surface area contributed by atoms with Crippen LogP contribution in [-0.2, 0) is 33.8 Å². The van der Waals surface area contributed by atoms with Gasteiger partial charge in [-0.15, -0.1) is 0 Å². The Morgan fingerprint density at radius 3 is 1.84 bits per heavy atom. The molecule has 0 radical (unpaired) electrons. The second kappa shape index (κ2) is 13.1. The van der Waals surface area contributed by atoms with E-state index in [0.717, 1.165) is 5.56 Å². The van der Waals surface area contributed by atoms with Gasteiger partial charge in [-0.3, -0.25) is 9.13 Å². The Kier molecular flexibility index (Phi) is 10.9. The molecule has 0 aliphatic carbocycles. The summed E-state index contributed by atoms with van der Waals surface area (Å²) in [7, 11) is -7.98. The van der Waals surface area contributed by atoms with Crippen molar-refractivity contribution in [3.05, 3.63) is 54.2 Å². The lowest BCUT2D eigenvalue weighted by Crippen LogP contribution is -2.26. The highest BCUT2D eigenvalue weighted by Gasteiger charge is 2.51. The quantitative estimate of drug-likeness (QED) is 0.309. The first kappa shape index (κ1) is 26.5. The highest BCUT2D eigenvalue weighted by atomic mass is 31.2. The van der Waals surface area contributed by atoms with Gasteiger partial charge in [0.25, 0.3) is 0 Å². The molecule has 9 nitrogen and oxygen atoms in total. The average molecular weight is 486 g/mol. The molecule has 2 rings (SSSR count). The maximum absolute atomic E-state index is 13.7. The average Bonchev–Trinajstić information content (AvgIpc) is 2.78. The first-order valence-corrected chi connectivity index (χ1v) is 13.8. The molecule has 1 aromatic carbocycles. The summed E-state index contributed by atoms with van der Waals surface area (Å²) in [5.41, 5.74) is -0.480. The lowest BCUT2D eigenvalue weighted by atomic mass is 10.2. The number of rotatable bonds is 15. The summed E-state index contributed by atoms with van der Waals surface area (Å²) in [6.07, 6.45) is 1.54. The smallest absolute Gasteiger partial charge is 0.365 e. The van der Waals surface area contributed by atoms with E-state index in [1.54, 1.807) is 39.8 Å². The van der Waals surface area contributed by atoms with Crippen molar-refractivity contribution in [2.45, 2.75) is 39.8 Å². The summed E-state index contributed by atoms with van der Waals surface area (Å²) in [5.74, 6) is 0.591. The molecule has 0 bridgehead atoms. The van der Waals surface area contributed by atoms with Crippen molar-refractivity contribution >= 4 is 21.0 Å². The van der Waals surface area contributed by atoms with Crippen LogP contribution in [0.1, 0.15) is 33.3 Å². The fourth-order valence-corrected chi connectivity index (χ4v) is 7.78. The van der Waals surface area contributed by atoms with Gasteiger partial charge in [-0.05, 0) is 45.4 Å². The second-order valence-corrected chi connectivity index (χ2v) is 11.0. The molecule has 0 fully saturated rings. The van der Waals surface area contributed by atoms with Gasteiger partial charge in [-0.2, -0.15) is 0 Å². The maximum atomic E-state index is 13.7. The fraction of sp³-hybridized carbons (Fsp3) is 0.476. The van der Waals surface area contributed by atoms with Crippen LogP contribution in [0, 0.1) is 0 Å². The Morgan fingerprint density at radius 1 is 0.812 bits per heavy atom. The highest BCUT2D eigenvalue weighted by Crippen LogP contribution is 2.70. The Morgan fingerprint density at radius 2 is 1.34 bits per heavy atom. The number of nitrogens with one attached hydrogen (secondary N) is 1. The topological polar surface area (TPSA) is 105 Å². The molecule has 1 N–H and O–H groups in total. The van der Waals surface area contributed by atoms with Gasteiger partial charge in [0.2, 0.25) is 5.52 Å². The zero-order chi connectivity index (χ0) is 23.5. The second-order valence-electron chi connectivity index (χ2n) is 6.39. The normalized spacial score (nSPS) is 12.2. The number of aromatic nitrogens is 1. The Labute approximate surface area is 189 Å². The standard InChI is InChI=1S/C21H32N2O7P2/c1-5-27-31(24,28-6-2)21(32(25,29-7-3)30-8-4)23-20-19(15-12-16-22-20)26-17-18-13-10-9-11-14-18/h9-16,21H,5-8,17H2,1-4H3,(H,22,23). The minimum Gasteiger partial charge on any atom is -0.485 e. The molecule has 2 aromatic rings. The highest BCUT2D eigenvalue weighted by molar-refractivity contribution is 7.72. The molecule has 1 heterocycles. The van der Waals surface area contributed by atoms with Crippen LogP contribution in [0.5, 0.6) is 5.75 Å². The van der Waals surface area contributed by atoms with Gasteiger partial charge in [-0.25, -0.2) is 4.98 Å². The van der Waals surface area contributed by atoms with Crippen LogP contribution in [0.25, 0.3) is 0 Å².